The van der Waals surface area contributed by atoms with Gasteiger partial charge < -0.3 is 24.1 Å². The number of phenols is 1. The number of allylic oxidation sites excluding steroid dienone is 2. The summed E-state index contributed by atoms with van der Waals surface area (Å²) in [6.45, 7) is 4.41. The van der Waals surface area contributed by atoms with Crippen molar-refractivity contribution >= 4 is 11.9 Å². The van der Waals surface area contributed by atoms with Crippen molar-refractivity contribution < 1.29 is 33.6 Å². The van der Waals surface area contributed by atoms with Gasteiger partial charge in [-0.3, -0.25) is 4.79 Å². The van der Waals surface area contributed by atoms with Crippen molar-refractivity contribution in [2.24, 2.45) is 11.3 Å². The molecule has 7 nitrogen and oxygen atoms in total. The van der Waals surface area contributed by atoms with Gasteiger partial charge in [-0.25, -0.2) is 4.79 Å². The van der Waals surface area contributed by atoms with Gasteiger partial charge in [0.15, 0.2) is 5.79 Å². The number of fused-ring (bicyclic) bond motifs is 2. The number of phenolic OH excluding ortho intramolecular Hbond substituents is 1. The first-order chi connectivity index (χ1) is 14.4. The summed E-state index contributed by atoms with van der Waals surface area (Å²) >= 11 is 0. The Morgan fingerprint density at radius 1 is 1.27 bits per heavy atom. The Balaban J connectivity index is 1.98. The highest BCUT2D eigenvalue weighted by atomic mass is 16.7. The van der Waals surface area contributed by atoms with Gasteiger partial charge in [0, 0.05) is 25.4 Å². The van der Waals surface area contributed by atoms with E-state index in [0.717, 1.165) is 16.7 Å². The Bertz CT molecular complexity index is 920. The maximum Gasteiger partial charge on any atom is 0.341 e. The number of carbonyl (C=O) groups excluding carboxylic acids is 2. The molecule has 30 heavy (non-hydrogen) atoms. The van der Waals surface area contributed by atoms with Crippen molar-refractivity contribution in [3.05, 3.63) is 40.5 Å². The number of aromatic hydroxyl groups is 1. The highest BCUT2D eigenvalue weighted by Gasteiger charge is 2.71. The fourth-order valence-electron chi connectivity index (χ4n) is 5.91. The number of hydrogen-bond donors (Lipinski definition) is 1. The minimum absolute atomic E-state index is 0.0994. The lowest BCUT2D eigenvalue weighted by molar-refractivity contribution is -0.327. The van der Waals surface area contributed by atoms with Crippen molar-refractivity contribution in [3.63, 3.8) is 0 Å². The summed E-state index contributed by atoms with van der Waals surface area (Å²) in [5.74, 6) is -2.75. The molecule has 4 unspecified atom stereocenters. The average molecular weight is 416 g/mol. The lowest BCUT2D eigenvalue weighted by atomic mass is 9.49. The van der Waals surface area contributed by atoms with Crippen LogP contribution in [0.5, 0.6) is 5.75 Å². The highest BCUT2D eigenvalue weighted by molar-refractivity contribution is 5.93. The fraction of sp³-hybridized carbons (Fsp3) is 0.565. The number of carbonyl (C=O) groups is 2. The lowest BCUT2D eigenvalue weighted by Gasteiger charge is -2.61. The predicted molar refractivity (Wildman–Crippen MR) is 107 cm³/mol. The van der Waals surface area contributed by atoms with E-state index in [4.69, 9.17) is 18.9 Å². The molecule has 1 heterocycles. The minimum Gasteiger partial charge on any atom is -0.507 e. The van der Waals surface area contributed by atoms with Crippen LogP contribution in [0.4, 0.5) is 0 Å². The lowest BCUT2D eigenvalue weighted by Crippen LogP contribution is -2.69. The molecule has 162 valence electrons. The SMILES string of the molecule is CCOC(=O)c1cc2c(cc1O)C1CC=C(C)C3CCOC(OC)(C2)C31C(=O)OC. The second kappa shape index (κ2) is 7.39. The topological polar surface area (TPSA) is 91.3 Å². The molecule has 1 aliphatic heterocycles. The molecule has 0 spiro atoms. The Morgan fingerprint density at radius 3 is 2.70 bits per heavy atom. The van der Waals surface area contributed by atoms with Crippen LogP contribution in [0.15, 0.2) is 23.8 Å². The second-order valence-corrected chi connectivity index (χ2v) is 8.21. The third-order valence-corrected chi connectivity index (χ3v) is 7.10. The van der Waals surface area contributed by atoms with E-state index in [1.54, 1.807) is 26.2 Å². The molecule has 3 aliphatic rings. The van der Waals surface area contributed by atoms with Gasteiger partial charge in [-0.2, -0.15) is 0 Å². The molecule has 0 amide bonds. The Labute approximate surface area is 175 Å². The van der Waals surface area contributed by atoms with Crippen LogP contribution < -0.4 is 0 Å². The summed E-state index contributed by atoms with van der Waals surface area (Å²) in [6, 6.07) is 3.24. The quantitative estimate of drug-likeness (QED) is 0.596. The molecule has 1 saturated heterocycles. The normalized spacial score (nSPS) is 31.8. The molecule has 0 saturated carbocycles. The minimum atomic E-state index is -1.22. The van der Waals surface area contributed by atoms with Crippen LogP contribution >= 0.6 is 0 Å². The van der Waals surface area contributed by atoms with Crippen LogP contribution in [0.25, 0.3) is 0 Å². The number of benzene rings is 1. The number of esters is 2. The fourth-order valence-corrected chi connectivity index (χ4v) is 5.91. The summed E-state index contributed by atoms with van der Waals surface area (Å²) in [5.41, 5.74) is 1.77. The largest absolute Gasteiger partial charge is 0.507 e. The van der Waals surface area contributed by atoms with Gasteiger partial charge in [0.05, 0.1) is 20.3 Å². The molecule has 4 rings (SSSR count). The van der Waals surface area contributed by atoms with Crippen LogP contribution in [-0.4, -0.2) is 50.3 Å². The maximum absolute atomic E-state index is 13.5. The predicted octanol–water partition coefficient (Wildman–Crippen LogP) is 3.10. The summed E-state index contributed by atoms with van der Waals surface area (Å²) in [7, 11) is 2.94. The molecule has 1 aromatic rings. The molecule has 0 radical (unpaired) electrons. The standard InChI is InChI=1S/C23H28O7/c1-5-29-20(25)16-10-14-12-22(28-4)23(21(26)27-3)17(8-9-30-22)13(2)6-7-18(23)15(14)11-19(16)24/h6,10-11,17-18,24H,5,7-9,12H2,1-4H3. The molecule has 0 bridgehead atoms. The van der Waals surface area contributed by atoms with Crippen LogP contribution in [0.2, 0.25) is 0 Å². The zero-order valence-electron chi connectivity index (χ0n) is 17.8. The van der Waals surface area contributed by atoms with Gasteiger partial charge in [-0.15, -0.1) is 0 Å². The molecule has 1 N–H and O–H groups in total. The summed E-state index contributed by atoms with van der Waals surface area (Å²) in [6.07, 6.45) is 3.67. The van der Waals surface area contributed by atoms with E-state index in [9.17, 15) is 14.7 Å². The van der Waals surface area contributed by atoms with Gasteiger partial charge in [-0.1, -0.05) is 11.6 Å². The molecule has 0 aromatic heterocycles. The average Bonchev–Trinajstić information content (AvgIpc) is 2.74. The molecule has 7 heteroatoms. The first-order valence-corrected chi connectivity index (χ1v) is 10.3. The van der Waals surface area contributed by atoms with Gasteiger partial charge in [0.2, 0.25) is 0 Å². The first-order valence-electron chi connectivity index (χ1n) is 10.3. The van der Waals surface area contributed by atoms with Crippen LogP contribution in [0.1, 0.15) is 54.1 Å². The number of ether oxygens (including phenoxy) is 4. The van der Waals surface area contributed by atoms with E-state index in [-0.39, 0.29) is 42.1 Å². The van der Waals surface area contributed by atoms with Crippen molar-refractivity contribution in [1.29, 1.82) is 0 Å². The van der Waals surface area contributed by atoms with Gasteiger partial charge in [0.1, 0.15) is 16.7 Å². The molecule has 1 fully saturated rings. The van der Waals surface area contributed by atoms with E-state index >= 15 is 0 Å². The summed E-state index contributed by atoms with van der Waals surface area (Å²) in [4.78, 5) is 25.8. The molecule has 1 aromatic carbocycles. The summed E-state index contributed by atoms with van der Waals surface area (Å²) in [5, 5.41) is 10.6. The van der Waals surface area contributed by atoms with Crippen LogP contribution in [0, 0.1) is 11.3 Å². The number of hydrogen-bond acceptors (Lipinski definition) is 7. The zero-order chi connectivity index (χ0) is 21.7. The van der Waals surface area contributed by atoms with E-state index in [1.807, 2.05) is 6.92 Å². The Hall–Kier alpha value is -2.38. The zero-order valence-corrected chi connectivity index (χ0v) is 17.8. The monoisotopic (exact) mass is 416 g/mol. The molecule has 4 atom stereocenters. The third-order valence-electron chi connectivity index (χ3n) is 7.10. The summed E-state index contributed by atoms with van der Waals surface area (Å²) < 4.78 is 22.7. The highest BCUT2D eigenvalue weighted by Crippen LogP contribution is 2.65. The van der Waals surface area contributed by atoms with Crippen molar-refractivity contribution in [2.45, 2.75) is 44.8 Å². The van der Waals surface area contributed by atoms with Crippen LogP contribution in [-0.2, 0) is 30.2 Å². The van der Waals surface area contributed by atoms with E-state index in [0.29, 0.717) is 19.4 Å². The number of rotatable bonds is 4. The van der Waals surface area contributed by atoms with Gasteiger partial charge in [0.25, 0.3) is 0 Å². The van der Waals surface area contributed by atoms with E-state index in [1.165, 1.54) is 7.11 Å². The van der Waals surface area contributed by atoms with E-state index in [2.05, 4.69) is 6.08 Å². The van der Waals surface area contributed by atoms with Crippen LogP contribution in [0.3, 0.4) is 0 Å². The Kier molecular flexibility index (Phi) is 5.14. The third kappa shape index (κ3) is 2.58. The molecular formula is C23H28O7. The molecular weight excluding hydrogens is 388 g/mol. The van der Waals surface area contributed by atoms with Gasteiger partial charge in [-0.05, 0) is 49.9 Å². The smallest absolute Gasteiger partial charge is 0.341 e. The number of methoxy groups -OCH3 is 2. The van der Waals surface area contributed by atoms with Gasteiger partial charge >= 0.3 is 11.9 Å². The van der Waals surface area contributed by atoms with E-state index < -0.39 is 17.2 Å². The molecule has 2 aliphatic carbocycles. The van der Waals surface area contributed by atoms with Crippen molar-refractivity contribution in [1.82, 2.24) is 0 Å². The first kappa shape index (κ1) is 20.9. The van der Waals surface area contributed by atoms with Crippen molar-refractivity contribution in [2.75, 3.05) is 27.4 Å². The maximum atomic E-state index is 13.5. The van der Waals surface area contributed by atoms with Crippen molar-refractivity contribution in [3.8, 4) is 5.75 Å². The second-order valence-electron chi connectivity index (χ2n) is 8.21. The Morgan fingerprint density at radius 2 is 2.03 bits per heavy atom.